The van der Waals surface area contributed by atoms with E-state index in [1.54, 1.807) is 16.2 Å². The number of piperazine rings is 1. The lowest BCUT2D eigenvalue weighted by Crippen LogP contribution is -2.69. The minimum atomic E-state index is -0.753. The maximum Gasteiger partial charge on any atom is 0.248 e. The Kier molecular flexibility index (Phi) is 5.04. The quantitative estimate of drug-likeness (QED) is 0.878. The van der Waals surface area contributed by atoms with Crippen molar-refractivity contribution in [3.63, 3.8) is 0 Å². The maximum atomic E-state index is 12.8. The first kappa shape index (κ1) is 16.0. The van der Waals surface area contributed by atoms with Gasteiger partial charge >= 0.3 is 0 Å². The molecule has 1 aromatic heterocycles. The molecular weight excluding hydrogens is 284 g/mol. The van der Waals surface area contributed by atoms with E-state index in [1.165, 1.54) is 4.88 Å². The van der Waals surface area contributed by atoms with Crippen LogP contribution in [0.5, 0.6) is 0 Å². The highest BCUT2D eigenvalue weighted by atomic mass is 32.1. The van der Waals surface area contributed by atoms with Crippen molar-refractivity contribution >= 4 is 23.2 Å². The molecule has 0 spiro atoms. The van der Waals surface area contributed by atoms with Crippen LogP contribution >= 0.6 is 11.3 Å². The molecule has 116 valence electrons. The Bertz CT molecular complexity index is 500. The van der Waals surface area contributed by atoms with Gasteiger partial charge in [0, 0.05) is 11.4 Å². The molecule has 2 amide bonds. The number of carbonyl (C=O) groups excluding carboxylic acids is 2. The molecule has 1 fully saturated rings. The highest BCUT2D eigenvalue weighted by Crippen LogP contribution is 2.24. The minimum Gasteiger partial charge on any atom is -0.340 e. The zero-order valence-corrected chi connectivity index (χ0v) is 13.8. The lowest BCUT2D eigenvalue weighted by atomic mass is 9.90. The number of hydrogen-bond donors (Lipinski definition) is 1. The van der Waals surface area contributed by atoms with Crippen LogP contribution in [-0.2, 0) is 16.0 Å². The van der Waals surface area contributed by atoms with Gasteiger partial charge in [0.25, 0.3) is 0 Å². The number of amides is 2. The van der Waals surface area contributed by atoms with Crippen molar-refractivity contribution in [1.29, 1.82) is 0 Å². The van der Waals surface area contributed by atoms with Crippen LogP contribution in [0.2, 0.25) is 0 Å². The molecule has 0 aliphatic carbocycles. The predicted octanol–water partition coefficient (Wildman–Crippen LogP) is 2.59. The monoisotopic (exact) mass is 308 g/mol. The molecule has 21 heavy (non-hydrogen) atoms. The van der Waals surface area contributed by atoms with Crippen molar-refractivity contribution in [1.82, 2.24) is 10.2 Å². The van der Waals surface area contributed by atoms with Crippen LogP contribution in [-0.4, -0.2) is 34.8 Å². The Hall–Kier alpha value is -1.36. The summed E-state index contributed by atoms with van der Waals surface area (Å²) < 4.78 is 0. The fraction of sp³-hybridized carbons (Fsp3) is 0.625. The van der Waals surface area contributed by atoms with Crippen molar-refractivity contribution in [3.05, 3.63) is 22.4 Å². The van der Waals surface area contributed by atoms with Gasteiger partial charge in [0.05, 0.1) is 0 Å². The highest BCUT2D eigenvalue weighted by molar-refractivity contribution is 7.09. The summed E-state index contributed by atoms with van der Waals surface area (Å²) in [5, 5.41) is 4.96. The van der Waals surface area contributed by atoms with E-state index in [4.69, 9.17) is 0 Å². The SMILES string of the molecule is CCCC1C(=O)NC(C)(CC)C(=O)N1CCc1cccs1. The van der Waals surface area contributed by atoms with Crippen LogP contribution in [0.3, 0.4) is 0 Å². The third-order valence-electron chi connectivity index (χ3n) is 4.26. The van der Waals surface area contributed by atoms with Crippen molar-refractivity contribution in [2.45, 2.75) is 58.0 Å². The van der Waals surface area contributed by atoms with E-state index in [1.807, 2.05) is 32.2 Å². The van der Waals surface area contributed by atoms with Crippen molar-refractivity contribution in [2.75, 3.05) is 6.54 Å². The summed E-state index contributed by atoms with van der Waals surface area (Å²) in [4.78, 5) is 28.2. The van der Waals surface area contributed by atoms with E-state index >= 15 is 0 Å². The van der Waals surface area contributed by atoms with Crippen molar-refractivity contribution in [3.8, 4) is 0 Å². The molecule has 2 heterocycles. The molecule has 1 aliphatic heterocycles. The van der Waals surface area contributed by atoms with Gasteiger partial charge in [0.1, 0.15) is 11.6 Å². The van der Waals surface area contributed by atoms with Crippen LogP contribution in [0.1, 0.15) is 44.9 Å². The summed E-state index contributed by atoms with van der Waals surface area (Å²) in [6.45, 7) is 6.43. The average molecular weight is 308 g/mol. The van der Waals surface area contributed by atoms with Crippen molar-refractivity contribution < 1.29 is 9.59 Å². The minimum absolute atomic E-state index is 0.00743. The molecule has 1 N–H and O–H groups in total. The summed E-state index contributed by atoms with van der Waals surface area (Å²) in [5.41, 5.74) is -0.753. The second-order valence-corrected chi connectivity index (χ2v) is 6.84. The van der Waals surface area contributed by atoms with Crippen LogP contribution in [0, 0.1) is 0 Å². The zero-order chi connectivity index (χ0) is 15.5. The standard InChI is InChI=1S/C16H24N2O2S/c1-4-7-13-14(19)17-16(3,5-2)15(20)18(13)10-9-12-8-6-11-21-12/h6,8,11,13H,4-5,7,9-10H2,1-3H3,(H,17,19). The Balaban J connectivity index is 2.17. The summed E-state index contributed by atoms with van der Waals surface area (Å²) in [7, 11) is 0. The van der Waals surface area contributed by atoms with Gasteiger partial charge in [-0.3, -0.25) is 9.59 Å². The van der Waals surface area contributed by atoms with E-state index in [9.17, 15) is 9.59 Å². The largest absolute Gasteiger partial charge is 0.340 e. The molecule has 2 atom stereocenters. The maximum absolute atomic E-state index is 12.8. The van der Waals surface area contributed by atoms with Crippen LogP contribution < -0.4 is 5.32 Å². The molecule has 0 radical (unpaired) electrons. The Morgan fingerprint density at radius 2 is 2.14 bits per heavy atom. The molecular formula is C16H24N2O2S. The van der Waals surface area contributed by atoms with E-state index in [0.29, 0.717) is 13.0 Å². The van der Waals surface area contributed by atoms with Crippen LogP contribution in [0.4, 0.5) is 0 Å². The smallest absolute Gasteiger partial charge is 0.248 e. The lowest BCUT2D eigenvalue weighted by Gasteiger charge is -2.44. The Morgan fingerprint density at radius 3 is 2.71 bits per heavy atom. The molecule has 1 aromatic rings. The highest BCUT2D eigenvalue weighted by Gasteiger charge is 2.46. The first-order valence-electron chi connectivity index (χ1n) is 7.67. The fourth-order valence-corrected chi connectivity index (χ4v) is 3.45. The van der Waals surface area contributed by atoms with Gasteiger partial charge in [-0.25, -0.2) is 0 Å². The number of carbonyl (C=O) groups is 2. The summed E-state index contributed by atoms with van der Waals surface area (Å²) in [6, 6.07) is 3.78. The first-order valence-corrected chi connectivity index (χ1v) is 8.55. The molecule has 0 bridgehead atoms. The molecule has 1 saturated heterocycles. The van der Waals surface area contributed by atoms with E-state index in [0.717, 1.165) is 19.3 Å². The normalized spacial score (nSPS) is 26.0. The number of nitrogens with zero attached hydrogens (tertiary/aromatic N) is 1. The van der Waals surface area contributed by atoms with Gasteiger partial charge < -0.3 is 10.2 Å². The lowest BCUT2D eigenvalue weighted by molar-refractivity contribution is -0.154. The second kappa shape index (κ2) is 6.60. The zero-order valence-electron chi connectivity index (χ0n) is 13.0. The van der Waals surface area contributed by atoms with Gasteiger partial charge in [0.15, 0.2) is 0 Å². The van der Waals surface area contributed by atoms with E-state index < -0.39 is 5.54 Å². The Morgan fingerprint density at radius 1 is 1.38 bits per heavy atom. The van der Waals surface area contributed by atoms with Crippen molar-refractivity contribution in [2.24, 2.45) is 0 Å². The van der Waals surface area contributed by atoms with Gasteiger partial charge in [0.2, 0.25) is 11.8 Å². The van der Waals surface area contributed by atoms with E-state index in [2.05, 4.69) is 11.4 Å². The number of nitrogens with one attached hydrogen (secondary N) is 1. The molecule has 2 rings (SSSR count). The van der Waals surface area contributed by atoms with Gasteiger partial charge in [-0.15, -0.1) is 11.3 Å². The third-order valence-corrected chi connectivity index (χ3v) is 5.20. The van der Waals surface area contributed by atoms with E-state index in [-0.39, 0.29) is 17.9 Å². The molecule has 5 heteroatoms. The molecule has 2 unspecified atom stereocenters. The van der Waals surface area contributed by atoms with Crippen LogP contribution in [0.25, 0.3) is 0 Å². The summed E-state index contributed by atoms with van der Waals surface area (Å²) in [5.74, 6) is 0.0478. The summed E-state index contributed by atoms with van der Waals surface area (Å²) >= 11 is 1.70. The number of rotatable bonds is 6. The summed E-state index contributed by atoms with van der Waals surface area (Å²) in [6.07, 6.45) is 3.05. The van der Waals surface area contributed by atoms with Crippen LogP contribution in [0.15, 0.2) is 17.5 Å². The predicted molar refractivity (Wildman–Crippen MR) is 85.3 cm³/mol. The van der Waals surface area contributed by atoms with Gasteiger partial charge in [-0.1, -0.05) is 26.3 Å². The fourth-order valence-electron chi connectivity index (χ4n) is 2.75. The average Bonchev–Trinajstić information content (AvgIpc) is 2.97. The molecule has 4 nitrogen and oxygen atoms in total. The molecule has 0 aromatic carbocycles. The number of hydrogen-bond acceptors (Lipinski definition) is 3. The third kappa shape index (κ3) is 3.28. The Labute approximate surface area is 130 Å². The number of thiophene rings is 1. The molecule has 1 aliphatic rings. The molecule has 0 saturated carbocycles. The second-order valence-electron chi connectivity index (χ2n) is 5.81. The first-order chi connectivity index (χ1) is 10.0. The topological polar surface area (TPSA) is 49.4 Å². The van der Waals surface area contributed by atoms with Gasteiger partial charge in [-0.2, -0.15) is 0 Å². The van der Waals surface area contributed by atoms with Gasteiger partial charge in [-0.05, 0) is 37.6 Å².